The van der Waals surface area contributed by atoms with E-state index >= 15 is 0 Å². The predicted octanol–water partition coefficient (Wildman–Crippen LogP) is 1.81. The molecule has 0 aliphatic carbocycles. The fourth-order valence-corrected chi connectivity index (χ4v) is 7.49. The molecule has 0 radical (unpaired) electrons. The Morgan fingerprint density at radius 1 is 1.41 bits per heavy atom. The second kappa shape index (κ2) is 7.14. The van der Waals surface area contributed by atoms with Gasteiger partial charge in [-0.15, -0.1) is 23.7 Å². The zero-order valence-electron chi connectivity index (χ0n) is 12.4. The fourth-order valence-electron chi connectivity index (χ4n) is 2.67. The van der Waals surface area contributed by atoms with Crippen LogP contribution in [0, 0.1) is 0 Å². The summed E-state index contributed by atoms with van der Waals surface area (Å²) in [6.07, 6.45) is 1.82. The molecule has 2 rings (SSSR count). The van der Waals surface area contributed by atoms with Crippen LogP contribution in [0.2, 0.25) is 0 Å². The largest absolute Gasteiger partial charge is 0.310 e. The average Bonchev–Trinajstić information content (AvgIpc) is 2.82. The Kier molecular flexibility index (Phi) is 6.45. The highest BCUT2D eigenvalue weighted by molar-refractivity contribution is 7.95. The maximum atomic E-state index is 12.6. The van der Waals surface area contributed by atoms with E-state index < -0.39 is 25.1 Å². The Bertz CT molecular complexity index is 728. The van der Waals surface area contributed by atoms with E-state index in [1.165, 1.54) is 6.07 Å². The third kappa shape index (κ3) is 3.65. The molecule has 0 aromatic carbocycles. The number of hydrogen-bond acceptors (Lipinski definition) is 6. The topological polar surface area (TPSA) is 106 Å². The molecule has 2 unspecified atom stereocenters. The molecule has 1 aliphatic rings. The highest BCUT2D eigenvalue weighted by atomic mass is 35.5. The van der Waals surface area contributed by atoms with E-state index in [1.807, 2.05) is 13.8 Å². The average molecular weight is 389 g/mol. The summed E-state index contributed by atoms with van der Waals surface area (Å²) in [5.74, 6) is 0. The highest BCUT2D eigenvalue weighted by Crippen LogP contribution is 2.43. The van der Waals surface area contributed by atoms with Crippen molar-refractivity contribution in [2.45, 2.75) is 52.8 Å². The lowest BCUT2D eigenvalue weighted by Crippen LogP contribution is -2.34. The minimum absolute atomic E-state index is 0. The molecule has 128 valence electrons. The van der Waals surface area contributed by atoms with Crippen molar-refractivity contribution >= 4 is 43.6 Å². The quantitative estimate of drug-likeness (QED) is 0.799. The molecular formula is C12H21ClN2O4S3. The van der Waals surface area contributed by atoms with E-state index in [0.717, 1.165) is 17.8 Å². The Morgan fingerprint density at radius 3 is 2.55 bits per heavy atom. The van der Waals surface area contributed by atoms with Gasteiger partial charge in [0.1, 0.15) is 8.42 Å². The first kappa shape index (κ1) is 19.9. The van der Waals surface area contributed by atoms with E-state index in [0.29, 0.717) is 24.9 Å². The molecule has 0 spiro atoms. The summed E-state index contributed by atoms with van der Waals surface area (Å²) in [5, 5.41) is 7.91. The first-order valence-electron chi connectivity index (χ1n) is 6.85. The third-order valence-corrected chi connectivity index (χ3v) is 8.99. The van der Waals surface area contributed by atoms with Crippen LogP contribution in [0.15, 0.2) is 14.5 Å². The summed E-state index contributed by atoms with van der Waals surface area (Å²) in [5.41, 5.74) is 0.540. The standard InChI is InChI=1S/C12H20N2O4S3.ClH/c1-3-5-8-6-10(14-4-2)9-7-11(21(13,17)18)19-12(9)20(8,15)16;/h7-8,10,14H,3-6H2,1-2H3,(H2,13,17,18);1H. The van der Waals surface area contributed by atoms with E-state index in [-0.39, 0.29) is 26.9 Å². The van der Waals surface area contributed by atoms with Gasteiger partial charge in [0.05, 0.1) is 5.25 Å². The zero-order valence-corrected chi connectivity index (χ0v) is 15.7. The van der Waals surface area contributed by atoms with Crippen molar-refractivity contribution in [2.75, 3.05) is 6.54 Å². The van der Waals surface area contributed by atoms with Crippen LogP contribution in [0.3, 0.4) is 0 Å². The Labute approximate surface area is 141 Å². The summed E-state index contributed by atoms with van der Waals surface area (Å²) in [6, 6.07) is 1.26. The molecule has 22 heavy (non-hydrogen) atoms. The molecule has 6 nitrogen and oxygen atoms in total. The second-order valence-corrected chi connectivity index (χ2v) is 10.4. The Morgan fingerprint density at radius 2 is 2.05 bits per heavy atom. The van der Waals surface area contributed by atoms with Crippen LogP contribution in [-0.4, -0.2) is 28.6 Å². The molecule has 3 N–H and O–H groups in total. The predicted molar refractivity (Wildman–Crippen MR) is 89.9 cm³/mol. The van der Waals surface area contributed by atoms with Crippen LogP contribution in [0.1, 0.15) is 44.7 Å². The molecular weight excluding hydrogens is 368 g/mol. The van der Waals surface area contributed by atoms with Crippen molar-refractivity contribution in [2.24, 2.45) is 5.14 Å². The van der Waals surface area contributed by atoms with E-state index in [9.17, 15) is 16.8 Å². The van der Waals surface area contributed by atoms with Crippen LogP contribution in [-0.2, 0) is 19.9 Å². The van der Waals surface area contributed by atoms with Crippen LogP contribution in [0.4, 0.5) is 0 Å². The zero-order chi connectivity index (χ0) is 15.8. The lowest BCUT2D eigenvalue weighted by molar-refractivity contribution is 0.456. The monoisotopic (exact) mass is 388 g/mol. The van der Waals surface area contributed by atoms with Gasteiger partial charge in [0, 0.05) is 11.6 Å². The second-order valence-electron chi connectivity index (χ2n) is 5.15. The Balaban J connectivity index is 0.00000242. The molecule has 0 fully saturated rings. The van der Waals surface area contributed by atoms with Crippen molar-refractivity contribution in [3.8, 4) is 0 Å². The van der Waals surface area contributed by atoms with Crippen molar-refractivity contribution in [3.63, 3.8) is 0 Å². The number of nitrogens with one attached hydrogen (secondary N) is 1. The summed E-state index contributed by atoms with van der Waals surface area (Å²) in [7, 11) is -7.37. The van der Waals surface area contributed by atoms with Gasteiger partial charge in [-0.1, -0.05) is 20.3 Å². The van der Waals surface area contributed by atoms with Crippen molar-refractivity contribution in [1.29, 1.82) is 0 Å². The summed E-state index contributed by atoms with van der Waals surface area (Å²) in [4.78, 5) is 0. The van der Waals surface area contributed by atoms with Gasteiger partial charge in [-0.2, -0.15) is 0 Å². The molecule has 0 saturated carbocycles. The number of fused-ring (bicyclic) bond motifs is 1. The smallest absolute Gasteiger partial charge is 0.247 e. The minimum Gasteiger partial charge on any atom is -0.310 e. The highest BCUT2D eigenvalue weighted by Gasteiger charge is 2.40. The van der Waals surface area contributed by atoms with Crippen LogP contribution >= 0.6 is 23.7 Å². The molecule has 1 aromatic heterocycles. The van der Waals surface area contributed by atoms with E-state index in [2.05, 4.69) is 5.32 Å². The van der Waals surface area contributed by atoms with Gasteiger partial charge in [0.2, 0.25) is 10.0 Å². The van der Waals surface area contributed by atoms with Crippen molar-refractivity contribution in [1.82, 2.24) is 5.32 Å². The third-order valence-electron chi connectivity index (χ3n) is 3.62. The van der Waals surface area contributed by atoms with Gasteiger partial charge in [0.25, 0.3) is 0 Å². The number of halogens is 1. The van der Waals surface area contributed by atoms with Crippen LogP contribution < -0.4 is 10.5 Å². The number of rotatable bonds is 5. The summed E-state index contributed by atoms with van der Waals surface area (Å²) in [6.45, 7) is 4.56. The normalized spacial score (nSPS) is 23.6. The number of sulfone groups is 1. The fraction of sp³-hybridized carbons (Fsp3) is 0.667. The maximum absolute atomic E-state index is 12.6. The minimum atomic E-state index is -3.89. The van der Waals surface area contributed by atoms with Crippen molar-refractivity contribution < 1.29 is 16.8 Å². The van der Waals surface area contributed by atoms with Gasteiger partial charge in [-0.05, 0) is 25.5 Å². The summed E-state index contributed by atoms with van der Waals surface area (Å²) < 4.78 is 48.3. The van der Waals surface area contributed by atoms with Gasteiger partial charge in [-0.25, -0.2) is 22.0 Å². The lowest BCUT2D eigenvalue weighted by Gasteiger charge is -2.29. The van der Waals surface area contributed by atoms with E-state index in [1.54, 1.807) is 0 Å². The molecule has 1 aromatic rings. The molecule has 0 amide bonds. The first-order chi connectivity index (χ1) is 9.71. The van der Waals surface area contributed by atoms with Crippen molar-refractivity contribution in [3.05, 3.63) is 11.6 Å². The number of hydrogen-bond donors (Lipinski definition) is 2. The molecule has 2 atom stereocenters. The lowest BCUT2D eigenvalue weighted by atomic mass is 10.0. The van der Waals surface area contributed by atoms with Gasteiger partial charge >= 0.3 is 0 Å². The van der Waals surface area contributed by atoms with Crippen LogP contribution in [0.25, 0.3) is 0 Å². The SMILES string of the molecule is CCCC1CC(NCC)c2cc(S(N)(=O)=O)sc2S1(=O)=O.Cl. The number of nitrogens with two attached hydrogens (primary N) is 1. The number of thiophene rings is 1. The van der Waals surface area contributed by atoms with Crippen LogP contribution in [0.5, 0.6) is 0 Å². The van der Waals surface area contributed by atoms with E-state index in [4.69, 9.17) is 5.14 Å². The Hall–Kier alpha value is -0.190. The van der Waals surface area contributed by atoms with Gasteiger partial charge < -0.3 is 5.32 Å². The van der Waals surface area contributed by atoms with Gasteiger partial charge in [-0.3, -0.25) is 0 Å². The molecule has 0 saturated heterocycles. The summed E-state index contributed by atoms with van der Waals surface area (Å²) >= 11 is 0.768. The molecule has 1 aliphatic heterocycles. The van der Waals surface area contributed by atoms with Gasteiger partial charge in [0.15, 0.2) is 9.84 Å². The number of sulfonamides is 1. The number of primary sulfonamides is 1. The molecule has 2 heterocycles. The molecule has 0 bridgehead atoms. The molecule has 10 heteroatoms. The maximum Gasteiger partial charge on any atom is 0.247 e. The first-order valence-corrected chi connectivity index (χ1v) is 10.8.